The molecule has 0 fully saturated rings. The van der Waals surface area contributed by atoms with Gasteiger partial charge in [-0.05, 0) is 11.0 Å². The summed E-state index contributed by atoms with van der Waals surface area (Å²) in [6, 6.07) is 10.2. The number of rotatable bonds is 2. The summed E-state index contributed by atoms with van der Waals surface area (Å²) in [5, 5.41) is 2.50. The Morgan fingerprint density at radius 1 is 1.23 bits per heavy atom. The Hall–Kier alpha value is -1.02. The molecule has 2 heteroatoms. The summed E-state index contributed by atoms with van der Waals surface area (Å²) in [6.45, 7) is 0. The van der Waals surface area contributed by atoms with Gasteiger partial charge < -0.3 is 0 Å². The van der Waals surface area contributed by atoms with E-state index in [1.54, 1.807) is 0 Å². The maximum absolute atomic E-state index is 11.3. The second-order valence-corrected chi connectivity index (χ2v) is 5.15. The second-order valence-electron chi connectivity index (χ2n) is 3.10. The Morgan fingerprint density at radius 2 is 2.00 bits per heavy atom. The van der Waals surface area contributed by atoms with Gasteiger partial charge in [0.15, 0.2) is 5.12 Å². The quantitative estimate of drug-likeness (QED) is 0.713. The van der Waals surface area contributed by atoms with E-state index >= 15 is 0 Å². The Balaban J connectivity index is 2.06. The molecule has 0 N–H and O–H groups in total. The molecule has 0 amide bonds. The summed E-state index contributed by atoms with van der Waals surface area (Å²) in [4.78, 5) is 11.3. The predicted octanol–water partition coefficient (Wildman–Crippen LogP) is 2.63. The van der Waals surface area contributed by atoms with Crippen LogP contribution in [0.25, 0.3) is 0 Å². The van der Waals surface area contributed by atoms with Crippen molar-refractivity contribution in [1.82, 2.24) is 0 Å². The van der Waals surface area contributed by atoms with Gasteiger partial charge in [-0.25, -0.2) is 0 Å². The number of benzene rings is 1. The minimum atomic E-state index is -0.502. The summed E-state index contributed by atoms with van der Waals surface area (Å²) in [6.07, 6.45) is 2.65. The molecule has 2 rings (SSSR count). The van der Waals surface area contributed by atoms with Crippen LogP contribution in [-0.4, -0.2) is 5.12 Å². The maximum Gasteiger partial charge on any atom is 0.176 e. The molecule has 1 aromatic carbocycles. The highest BCUT2D eigenvalue weighted by molar-refractivity contribution is 8.31. The first kappa shape index (κ1) is 8.57. The van der Waals surface area contributed by atoms with Crippen LogP contribution in [0, 0.1) is 0 Å². The molecule has 1 unspecified atom stereocenters. The van der Waals surface area contributed by atoms with Crippen LogP contribution in [0.15, 0.2) is 41.8 Å². The molecule has 0 aliphatic carbocycles. The van der Waals surface area contributed by atoms with Crippen molar-refractivity contribution in [2.75, 3.05) is 0 Å². The highest BCUT2D eigenvalue weighted by Crippen LogP contribution is 2.38. The molecule has 1 atom stereocenters. The molecule has 0 aromatic heterocycles. The molecule has 1 nitrogen and oxygen atoms in total. The van der Waals surface area contributed by atoms with Crippen molar-refractivity contribution in [2.45, 2.75) is 12.2 Å². The molecular formula is C11H12OS. The van der Waals surface area contributed by atoms with Crippen molar-refractivity contribution in [3.63, 3.8) is 0 Å². The molecule has 1 aliphatic heterocycles. The Morgan fingerprint density at radius 3 is 2.62 bits per heavy atom. The van der Waals surface area contributed by atoms with Gasteiger partial charge in [-0.2, -0.15) is 10.9 Å². The second kappa shape index (κ2) is 3.79. The van der Waals surface area contributed by atoms with Crippen molar-refractivity contribution in [1.29, 1.82) is 0 Å². The van der Waals surface area contributed by atoms with Crippen molar-refractivity contribution in [3.05, 3.63) is 47.4 Å². The number of carbonyl (C=O) groups is 1. The highest BCUT2D eigenvalue weighted by atomic mass is 32.2. The monoisotopic (exact) mass is 192 g/mol. The van der Waals surface area contributed by atoms with E-state index < -0.39 is 10.9 Å². The summed E-state index contributed by atoms with van der Waals surface area (Å²) in [5.74, 6) is 0.922. The number of hydrogen-bond acceptors (Lipinski definition) is 1. The zero-order valence-electron chi connectivity index (χ0n) is 7.31. The molecular weight excluding hydrogens is 180 g/mol. The number of thiol groups is 1. The fourth-order valence-electron chi connectivity index (χ4n) is 1.40. The van der Waals surface area contributed by atoms with Crippen LogP contribution in [0.3, 0.4) is 0 Å². The van der Waals surface area contributed by atoms with Crippen molar-refractivity contribution in [2.24, 2.45) is 0 Å². The van der Waals surface area contributed by atoms with Crippen LogP contribution >= 0.6 is 10.9 Å². The third-order valence-corrected chi connectivity index (χ3v) is 4.19. The zero-order valence-corrected chi connectivity index (χ0v) is 8.21. The summed E-state index contributed by atoms with van der Waals surface area (Å²) < 4.78 is 0. The molecule has 0 bridgehead atoms. The number of carbonyl (C=O) groups excluding carboxylic acids is 1. The average Bonchev–Trinajstić information content (AvgIpc) is 2.54. The van der Waals surface area contributed by atoms with E-state index in [4.69, 9.17) is 0 Å². The van der Waals surface area contributed by atoms with Crippen LogP contribution in [0.4, 0.5) is 0 Å². The molecule has 68 valence electrons. The van der Waals surface area contributed by atoms with Gasteiger partial charge in [-0.3, -0.25) is 4.79 Å². The molecule has 1 aliphatic rings. The molecule has 1 heterocycles. The summed E-state index contributed by atoms with van der Waals surface area (Å²) >= 11 is 0. The first-order valence-electron chi connectivity index (χ1n) is 4.36. The Bertz CT molecular complexity index is 329. The van der Waals surface area contributed by atoms with E-state index in [2.05, 4.69) is 17.5 Å². The lowest BCUT2D eigenvalue weighted by Gasteiger charge is -2.10. The first-order chi connectivity index (χ1) is 6.36. The van der Waals surface area contributed by atoms with Gasteiger partial charge in [0, 0.05) is 12.2 Å². The predicted molar refractivity (Wildman–Crippen MR) is 57.9 cm³/mol. The van der Waals surface area contributed by atoms with E-state index in [-0.39, 0.29) is 0 Å². The van der Waals surface area contributed by atoms with E-state index in [1.807, 2.05) is 24.3 Å². The van der Waals surface area contributed by atoms with Crippen LogP contribution in [0.1, 0.15) is 12.0 Å². The van der Waals surface area contributed by atoms with Gasteiger partial charge in [0.25, 0.3) is 0 Å². The lowest BCUT2D eigenvalue weighted by molar-refractivity contribution is -0.110. The van der Waals surface area contributed by atoms with Gasteiger partial charge in [-0.1, -0.05) is 36.4 Å². The van der Waals surface area contributed by atoms with Crippen molar-refractivity contribution in [3.8, 4) is 0 Å². The van der Waals surface area contributed by atoms with Gasteiger partial charge >= 0.3 is 0 Å². The Labute approximate surface area is 80.8 Å². The number of allylic oxidation sites excluding steroid dienone is 1. The zero-order chi connectivity index (χ0) is 9.10. The molecule has 0 saturated carbocycles. The number of hydrogen-bond donors (Lipinski definition) is 1. The maximum atomic E-state index is 11.3. The van der Waals surface area contributed by atoms with Crippen molar-refractivity contribution >= 4 is 16.0 Å². The lowest BCUT2D eigenvalue weighted by Crippen LogP contribution is -1.93. The molecule has 1 aromatic rings. The van der Waals surface area contributed by atoms with E-state index in [1.165, 1.54) is 5.56 Å². The van der Waals surface area contributed by atoms with E-state index in [9.17, 15) is 4.79 Å². The molecule has 0 saturated heterocycles. The van der Waals surface area contributed by atoms with Gasteiger partial charge in [0.05, 0.1) is 0 Å². The standard InChI is InChI=1S/C11H12OS/c12-11-7-4-8-13(11)9-10-5-2-1-3-6-10/h1-6,8,13H,7,9H2. The average molecular weight is 192 g/mol. The molecule has 0 radical (unpaired) electrons. The van der Waals surface area contributed by atoms with Crippen molar-refractivity contribution < 1.29 is 4.79 Å². The van der Waals surface area contributed by atoms with E-state index in [0.717, 1.165) is 5.75 Å². The normalized spacial score (nSPS) is 23.7. The third kappa shape index (κ3) is 2.01. The SMILES string of the molecule is O=C1CC=C[SH]1Cc1ccccc1. The first-order valence-corrected chi connectivity index (χ1v) is 5.96. The minimum Gasteiger partial charge on any atom is -0.288 e. The Kier molecular flexibility index (Phi) is 2.50. The third-order valence-electron chi connectivity index (χ3n) is 2.09. The molecule has 0 spiro atoms. The summed E-state index contributed by atoms with van der Waals surface area (Å²) in [5.41, 5.74) is 1.27. The molecule has 13 heavy (non-hydrogen) atoms. The smallest absolute Gasteiger partial charge is 0.176 e. The fourth-order valence-corrected chi connectivity index (χ4v) is 3.15. The van der Waals surface area contributed by atoms with Gasteiger partial charge in [-0.15, -0.1) is 0 Å². The van der Waals surface area contributed by atoms with Gasteiger partial charge in [0.2, 0.25) is 0 Å². The summed E-state index contributed by atoms with van der Waals surface area (Å²) in [7, 11) is -0.502. The fraction of sp³-hybridized carbons (Fsp3) is 0.182. The lowest BCUT2D eigenvalue weighted by atomic mass is 10.2. The van der Waals surface area contributed by atoms with Gasteiger partial charge in [0.1, 0.15) is 0 Å². The topological polar surface area (TPSA) is 17.1 Å². The van der Waals surface area contributed by atoms with Crippen LogP contribution in [0.5, 0.6) is 0 Å². The highest BCUT2D eigenvalue weighted by Gasteiger charge is 2.14. The van der Waals surface area contributed by atoms with Crippen LogP contribution in [-0.2, 0) is 10.5 Å². The largest absolute Gasteiger partial charge is 0.288 e. The van der Waals surface area contributed by atoms with E-state index in [0.29, 0.717) is 11.5 Å². The van der Waals surface area contributed by atoms with Crippen LogP contribution in [0.2, 0.25) is 0 Å². The van der Waals surface area contributed by atoms with Crippen LogP contribution < -0.4 is 0 Å². The minimum absolute atomic E-state index is 0.416.